The van der Waals surface area contributed by atoms with Gasteiger partial charge in [0.05, 0.1) is 0 Å². The maximum atomic E-state index is 11.9. The van der Waals surface area contributed by atoms with Gasteiger partial charge in [-0.25, -0.2) is 4.79 Å². The third-order valence-corrected chi connectivity index (χ3v) is 2.57. The van der Waals surface area contributed by atoms with Crippen LogP contribution in [0.4, 0.5) is 4.79 Å². The van der Waals surface area contributed by atoms with Gasteiger partial charge in [0, 0.05) is 13.1 Å². The van der Waals surface area contributed by atoms with Crippen molar-refractivity contribution in [3.8, 4) is 0 Å². The first kappa shape index (κ1) is 15.7. The van der Waals surface area contributed by atoms with Gasteiger partial charge in [0.25, 0.3) is 0 Å². The van der Waals surface area contributed by atoms with Gasteiger partial charge < -0.3 is 25.3 Å². The molecule has 0 bridgehead atoms. The van der Waals surface area contributed by atoms with Crippen LogP contribution in [-0.2, 0) is 14.4 Å². The summed E-state index contributed by atoms with van der Waals surface area (Å²) in [6.45, 7) is -1.72. The number of likely N-dealkylation sites (N-methyl/N-ethyl adjacent to an activating group) is 1. The van der Waals surface area contributed by atoms with Gasteiger partial charge in [-0.05, 0) is 12.8 Å². The van der Waals surface area contributed by atoms with E-state index in [2.05, 4.69) is 5.32 Å². The fraction of sp³-hybridized carbons (Fsp3) is 0.636. The maximum absolute atomic E-state index is 11.9. The second-order valence-corrected chi connectivity index (χ2v) is 4.62. The molecule has 3 N–H and O–H groups in total. The number of carboxylic acid groups (broad SMARTS) is 2. The number of carbonyl (C=O) groups excluding carboxylic acids is 2. The molecular formula is C11H17N3O6. The molecule has 1 saturated carbocycles. The Balaban J connectivity index is 2.54. The summed E-state index contributed by atoms with van der Waals surface area (Å²) in [5.74, 6) is -3.00. The summed E-state index contributed by atoms with van der Waals surface area (Å²) >= 11 is 0. The van der Waals surface area contributed by atoms with Gasteiger partial charge in [0.1, 0.15) is 19.6 Å². The summed E-state index contributed by atoms with van der Waals surface area (Å²) in [7, 11) is 1.31. The van der Waals surface area contributed by atoms with E-state index in [9.17, 15) is 19.2 Å². The quantitative estimate of drug-likeness (QED) is 0.539. The molecule has 9 heteroatoms. The third-order valence-electron chi connectivity index (χ3n) is 2.57. The number of carboxylic acids is 2. The highest BCUT2D eigenvalue weighted by molar-refractivity contribution is 5.87. The van der Waals surface area contributed by atoms with Crippen molar-refractivity contribution < 1.29 is 29.4 Å². The number of aliphatic carboxylic acids is 2. The van der Waals surface area contributed by atoms with E-state index >= 15 is 0 Å². The van der Waals surface area contributed by atoms with Crippen LogP contribution in [0, 0.1) is 0 Å². The number of nitrogens with zero attached hydrogens (tertiary/aromatic N) is 2. The number of nitrogens with one attached hydrogen (secondary N) is 1. The molecule has 0 unspecified atom stereocenters. The zero-order chi connectivity index (χ0) is 15.3. The number of hydrogen-bond donors (Lipinski definition) is 3. The van der Waals surface area contributed by atoms with Crippen molar-refractivity contribution in [3.63, 3.8) is 0 Å². The predicted molar refractivity (Wildman–Crippen MR) is 66.0 cm³/mol. The van der Waals surface area contributed by atoms with Crippen molar-refractivity contribution >= 4 is 23.9 Å². The Morgan fingerprint density at radius 2 is 1.55 bits per heavy atom. The molecule has 0 spiro atoms. The Labute approximate surface area is 115 Å². The topological polar surface area (TPSA) is 127 Å². The molecule has 0 heterocycles. The molecule has 1 rings (SSSR count). The monoisotopic (exact) mass is 287 g/mol. The fourth-order valence-corrected chi connectivity index (χ4v) is 1.54. The number of rotatable bonds is 7. The fourth-order valence-electron chi connectivity index (χ4n) is 1.54. The average Bonchev–Trinajstić information content (AvgIpc) is 3.09. The normalized spacial score (nSPS) is 13.4. The Morgan fingerprint density at radius 1 is 1.05 bits per heavy atom. The first-order valence-corrected chi connectivity index (χ1v) is 6.02. The maximum Gasteiger partial charge on any atom is 0.323 e. The number of hydrogen-bond acceptors (Lipinski definition) is 4. The first-order chi connectivity index (χ1) is 9.29. The molecule has 1 aliphatic rings. The van der Waals surface area contributed by atoms with E-state index in [0.717, 1.165) is 17.7 Å². The van der Waals surface area contributed by atoms with Gasteiger partial charge in [-0.15, -0.1) is 0 Å². The van der Waals surface area contributed by atoms with Gasteiger partial charge in [-0.3, -0.25) is 14.4 Å². The molecule has 0 aromatic heterocycles. The Kier molecular flexibility index (Phi) is 5.30. The van der Waals surface area contributed by atoms with E-state index in [0.29, 0.717) is 4.90 Å². The smallest absolute Gasteiger partial charge is 0.323 e. The summed E-state index contributed by atoms with van der Waals surface area (Å²) in [5, 5.41) is 20.0. The first-order valence-electron chi connectivity index (χ1n) is 6.02. The largest absolute Gasteiger partial charge is 0.480 e. The average molecular weight is 287 g/mol. The molecule has 0 aliphatic heterocycles. The van der Waals surface area contributed by atoms with Crippen LogP contribution in [0.2, 0.25) is 0 Å². The Bertz CT molecular complexity index is 404. The van der Waals surface area contributed by atoms with Gasteiger partial charge in [-0.2, -0.15) is 0 Å². The van der Waals surface area contributed by atoms with Crippen molar-refractivity contribution in [1.29, 1.82) is 0 Å². The van der Waals surface area contributed by atoms with E-state index in [1.165, 1.54) is 7.05 Å². The zero-order valence-electron chi connectivity index (χ0n) is 11.0. The highest BCUT2D eigenvalue weighted by Gasteiger charge is 2.27. The Hall–Kier alpha value is -2.32. The van der Waals surface area contributed by atoms with Crippen molar-refractivity contribution in [2.45, 2.75) is 18.9 Å². The lowest BCUT2D eigenvalue weighted by molar-refractivity contribution is -0.140. The minimum atomic E-state index is -1.32. The van der Waals surface area contributed by atoms with Crippen LogP contribution >= 0.6 is 0 Å². The highest BCUT2D eigenvalue weighted by atomic mass is 16.4. The standard InChI is InChI=1S/C11H17N3O6/c1-13(4-8(15)12-7-2-3-7)11(20)14(5-9(16)17)6-10(18)19/h7H,2-6H2,1H3,(H,12,15)(H,16,17)(H,18,19). The van der Waals surface area contributed by atoms with Crippen LogP contribution in [-0.4, -0.2) is 76.6 Å². The third kappa shape index (κ3) is 5.55. The number of amides is 3. The summed E-state index contributed by atoms with van der Waals surface area (Å²) < 4.78 is 0. The minimum Gasteiger partial charge on any atom is -0.480 e. The summed E-state index contributed by atoms with van der Waals surface area (Å²) in [6, 6.07) is -0.666. The van der Waals surface area contributed by atoms with Crippen LogP contribution in [0.15, 0.2) is 0 Å². The predicted octanol–water partition coefficient (Wildman–Crippen LogP) is -1.21. The van der Waals surface area contributed by atoms with Crippen molar-refractivity contribution in [2.75, 3.05) is 26.7 Å². The number of urea groups is 1. The molecule has 3 amide bonds. The van der Waals surface area contributed by atoms with Crippen molar-refractivity contribution in [3.05, 3.63) is 0 Å². The second kappa shape index (κ2) is 6.73. The van der Waals surface area contributed by atoms with E-state index in [1.807, 2.05) is 0 Å². The molecular weight excluding hydrogens is 270 g/mol. The van der Waals surface area contributed by atoms with Crippen molar-refractivity contribution in [1.82, 2.24) is 15.1 Å². The lowest BCUT2D eigenvalue weighted by atomic mass is 10.4. The minimum absolute atomic E-state index is 0.153. The molecule has 1 aliphatic carbocycles. The van der Waals surface area contributed by atoms with Crippen LogP contribution in [0.25, 0.3) is 0 Å². The number of carbonyl (C=O) groups is 4. The lowest BCUT2D eigenvalue weighted by Gasteiger charge is -2.25. The van der Waals surface area contributed by atoms with E-state index in [-0.39, 0.29) is 18.5 Å². The second-order valence-electron chi connectivity index (χ2n) is 4.62. The molecule has 0 atom stereocenters. The Morgan fingerprint density at radius 3 is 1.95 bits per heavy atom. The zero-order valence-corrected chi connectivity index (χ0v) is 11.0. The lowest BCUT2D eigenvalue weighted by Crippen LogP contribution is -2.48. The molecule has 0 radical (unpaired) electrons. The van der Waals surface area contributed by atoms with Crippen LogP contribution < -0.4 is 5.32 Å². The molecule has 9 nitrogen and oxygen atoms in total. The van der Waals surface area contributed by atoms with Gasteiger partial charge >= 0.3 is 18.0 Å². The molecule has 112 valence electrons. The van der Waals surface area contributed by atoms with E-state index < -0.39 is 31.1 Å². The molecule has 20 heavy (non-hydrogen) atoms. The molecule has 0 saturated heterocycles. The van der Waals surface area contributed by atoms with Crippen molar-refractivity contribution in [2.24, 2.45) is 0 Å². The summed E-state index contributed by atoms with van der Waals surface area (Å²) in [5.41, 5.74) is 0. The van der Waals surface area contributed by atoms with Gasteiger partial charge in [0.2, 0.25) is 5.91 Å². The SMILES string of the molecule is CN(CC(=O)NC1CC1)C(=O)N(CC(=O)O)CC(=O)O. The van der Waals surface area contributed by atoms with E-state index in [1.54, 1.807) is 0 Å². The summed E-state index contributed by atoms with van der Waals surface area (Å²) in [4.78, 5) is 46.3. The van der Waals surface area contributed by atoms with Gasteiger partial charge in [-0.1, -0.05) is 0 Å². The van der Waals surface area contributed by atoms with Crippen LogP contribution in [0.3, 0.4) is 0 Å². The summed E-state index contributed by atoms with van der Waals surface area (Å²) in [6.07, 6.45) is 1.82. The molecule has 0 aromatic rings. The molecule has 1 fully saturated rings. The molecule has 0 aromatic carbocycles. The van der Waals surface area contributed by atoms with Crippen LogP contribution in [0.1, 0.15) is 12.8 Å². The highest BCUT2D eigenvalue weighted by Crippen LogP contribution is 2.18. The van der Waals surface area contributed by atoms with Crippen LogP contribution in [0.5, 0.6) is 0 Å². The van der Waals surface area contributed by atoms with E-state index in [4.69, 9.17) is 10.2 Å². The van der Waals surface area contributed by atoms with Gasteiger partial charge in [0.15, 0.2) is 0 Å².